The molecule has 0 saturated carbocycles. The Morgan fingerprint density at radius 1 is 1.33 bits per heavy atom. The summed E-state index contributed by atoms with van der Waals surface area (Å²) < 4.78 is 7.72. The van der Waals surface area contributed by atoms with Crippen LogP contribution in [-0.4, -0.2) is 16.2 Å². The van der Waals surface area contributed by atoms with E-state index in [-0.39, 0.29) is 0 Å². The van der Waals surface area contributed by atoms with Crippen LogP contribution in [-0.2, 0) is 6.54 Å². The lowest BCUT2D eigenvalue weighted by atomic mass is 10.2. The molecule has 0 atom stereocenters. The number of aromatic nitrogens is 2. The Hall–Kier alpha value is -1.81. The first-order valence-corrected chi connectivity index (χ1v) is 6.85. The molecular formula is C14H14N2OS. The van der Waals surface area contributed by atoms with Crippen molar-refractivity contribution in [3.63, 3.8) is 0 Å². The minimum Gasteiger partial charge on any atom is -0.494 e. The normalized spacial score (nSPS) is 10.9. The molecule has 2 aromatic heterocycles. The maximum atomic E-state index is 5.51. The van der Waals surface area contributed by atoms with Gasteiger partial charge in [-0.2, -0.15) is 0 Å². The Morgan fingerprint density at radius 2 is 2.28 bits per heavy atom. The summed E-state index contributed by atoms with van der Waals surface area (Å²) in [5.74, 6) is 0.928. The number of ether oxygens (including phenoxy) is 1. The largest absolute Gasteiger partial charge is 0.494 e. The fourth-order valence-corrected chi connectivity index (χ4v) is 2.66. The van der Waals surface area contributed by atoms with Crippen LogP contribution in [0.4, 0.5) is 0 Å². The first-order chi connectivity index (χ1) is 8.86. The van der Waals surface area contributed by atoms with E-state index in [0.29, 0.717) is 6.61 Å². The maximum Gasteiger partial charge on any atom is 0.120 e. The molecule has 92 valence electrons. The van der Waals surface area contributed by atoms with Gasteiger partial charge in [0.15, 0.2) is 0 Å². The van der Waals surface area contributed by atoms with Crippen molar-refractivity contribution in [3.05, 3.63) is 47.0 Å². The Kier molecular flexibility index (Phi) is 3.02. The SMILES string of the molecule is CCOc1ccc2c(ccn2Cc2nccs2)c1. The summed E-state index contributed by atoms with van der Waals surface area (Å²) in [4.78, 5) is 4.32. The van der Waals surface area contributed by atoms with E-state index in [1.54, 1.807) is 11.3 Å². The van der Waals surface area contributed by atoms with Crippen LogP contribution in [0.5, 0.6) is 5.75 Å². The van der Waals surface area contributed by atoms with Gasteiger partial charge in [-0.25, -0.2) is 4.98 Å². The molecule has 0 radical (unpaired) electrons. The molecule has 0 spiro atoms. The molecule has 0 unspecified atom stereocenters. The lowest BCUT2D eigenvalue weighted by Crippen LogP contribution is -1.97. The van der Waals surface area contributed by atoms with Crippen LogP contribution in [0.1, 0.15) is 11.9 Å². The Morgan fingerprint density at radius 3 is 3.06 bits per heavy atom. The van der Waals surface area contributed by atoms with Crippen molar-refractivity contribution in [3.8, 4) is 5.75 Å². The van der Waals surface area contributed by atoms with Gasteiger partial charge in [-0.15, -0.1) is 11.3 Å². The van der Waals surface area contributed by atoms with Crippen molar-refractivity contribution >= 4 is 22.2 Å². The van der Waals surface area contributed by atoms with Crippen molar-refractivity contribution in [1.82, 2.24) is 9.55 Å². The Balaban J connectivity index is 1.94. The van der Waals surface area contributed by atoms with Crippen LogP contribution in [0.3, 0.4) is 0 Å². The van der Waals surface area contributed by atoms with E-state index >= 15 is 0 Å². The number of rotatable bonds is 4. The molecule has 4 heteroatoms. The Labute approximate surface area is 110 Å². The minimum atomic E-state index is 0.700. The molecule has 3 nitrogen and oxygen atoms in total. The Bertz CT molecular complexity index is 643. The molecule has 0 aliphatic carbocycles. The third-order valence-corrected chi connectivity index (χ3v) is 3.61. The second-order valence-corrected chi connectivity index (χ2v) is 5.00. The van der Waals surface area contributed by atoms with E-state index < -0.39 is 0 Å². The van der Waals surface area contributed by atoms with Gasteiger partial charge < -0.3 is 9.30 Å². The molecule has 0 fully saturated rings. The lowest BCUT2D eigenvalue weighted by Gasteiger charge is -2.05. The molecule has 0 bridgehead atoms. The second kappa shape index (κ2) is 4.82. The summed E-state index contributed by atoms with van der Waals surface area (Å²) in [6, 6.07) is 8.32. The van der Waals surface area contributed by atoms with Crippen LogP contribution in [0.2, 0.25) is 0 Å². The van der Waals surface area contributed by atoms with Crippen molar-refractivity contribution in [2.24, 2.45) is 0 Å². The highest BCUT2D eigenvalue weighted by molar-refractivity contribution is 7.09. The first-order valence-electron chi connectivity index (χ1n) is 5.97. The quantitative estimate of drug-likeness (QED) is 0.715. The predicted molar refractivity (Wildman–Crippen MR) is 74.3 cm³/mol. The number of thiazole rings is 1. The number of hydrogen-bond donors (Lipinski definition) is 0. The van der Waals surface area contributed by atoms with Gasteiger partial charge in [0.25, 0.3) is 0 Å². The van der Waals surface area contributed by atoms with Crippen molar-refractivity contribution in [2.75, 3.05) is 6.61 Å². The van der Waals surface area contributed by atoms with E-state index in [0.717, 1.165) is 17.3 Å². The summed E-state index contributed by atoms with van der Waals surface area (Å²) in [7, 11) is 0. The van der Waals surface area contributed by atoms with Gasteiger partial charge >= 0.3 is 0 Å². The molecule has 3 rings (SSSR count). The molecule has 2 heterocycles. The van der Waals surface area contributed by atoms with Crippen LogP contribution >= 0.6 is 11.3 Å². The van der Waals surface area contributed by atoms with E-state index in [1.165, 1.54) is 10.9 Å². The van der Waals surface area contributed by atoms with Crippen LogP contribution in [0.25, 0.3) is 10.9 Å². The molecule has 0 saturated heterocycles. The molecule has 18 heavy (non-hydrogen) atoms. The average Bonchev–Trinajstić information content (AvgIpc) is 3.00. The molecular weight excluding hydrogens is 244 g/mol. The molecule has 0 aliphatic heterocycles. The monoisotopic (exact) mass is 258 g/mol. The standard InChI is InChI=1S/C14H14N2OS/c1-2-17-12-3-4-13-11(9-12)5-7-16(13)10-14-15-6-8-18-14/h3-9H,2,10H2,1H3. The van der Waals surface area contributed by atoms with Crippen LogP contribution < -0.4 is 4.74 Å². The highest BCUT2D eigenvalue weighted by atomic mass is 32.1. The van der Waals surface area contributed by atoms with Crippen molar-refractivity contribution < 1.29 is 4.74 Å². The van der Waals surface area contributed by atoms with Crippen LogP contribution in [0, 0.1) is 0 Å². The zero-order valence-electron chi connectivity index (χ0n) is 10.2. The smallest absolute Gasteiger partial charge is 0.120 e. The zero-order chi connectivity index (χ0) is 12.4. The van der Waals surface area contributed by atoms with Crippen molar-refractivity contribution in [1.29, 1.82) is 0 Å². The van der Waals surface area contributed by atoms with E-state index in [9.17, 15) is 0 Å². The molecule has 0 N–H and O–H groups in total. The van der Waals surface area contributed by atoms with E-state index in [2.05, 4.69) is 33.9 Å². The minimum absolute atomic E-state index is 0.700. The summed E-state index contributed by atoms with van der Waals surface area (Å²) in [6.07, 6.45) is 3.95. The lowest BCUT2D eigenvalue weighted by molar-refractivity contribution is 0.340. The van der Waals surface area contributed by atoms with Gasteiger partial charge in [-0.3, -0.25) is 0 Å². The van der Waals surface area contributed by atoms with E-state index in [1.807, 2.05) is 24.6 Å². The predicted octanol–water partition coefficient (Wildman–Crippen LogP) is 3.54. The summed E-state index contributed by atoms with van der Waals surface area (Å²) in [5, 5.41) is 4.34. The zero-order valence-corrected chi connectivity index (χ0v) is 11.0. The van der Waals surface area contributed by atoms with Gasteiger partial charge in [0.05, 0.1) is 13.2 Å². The summed E-state index contributed by atoms with van der Waals surface area (Å²) in [5.41, 5.74) is 1.22. The second-order valence-electron chi connectivity index (χ2n) is 4.02. The van der Waals surface area contributed by atoms with Gasteiger partial charge in [-0.1, -0.05) is 0 Å². The summed E-state index contributed by atoms with van der Waals surface area (Å²) in [6.45, 7) is 3.53. The molecule has 0 amide bonds. The maximum absolute atomic E-state index is 5.51. The van der Waals surface area contributed by atoms with Gasteiger partial charge in [0.1, 0.15) is 10.8 Å². The van der Waals surface area contributed by atoms with Crippen LogP contribution in [0.15, 0.2) is 42.0 Å². The fourth-order valence-electron chi connectivity index (χ4n) is 2.05. The molecule has 3 aromatic rings. The highest BCUT2D eigenvalue weighted by Gasteiger charge is 2.04. The topological polar surface area (TPSA) is 27.1 Å². The molecule has 1 aromatic carbocycles. The molecule has 0 aliphatic rings. The summed E-state index contributed by atoms with van der Waals surface area (Å²) >= 11 is 1.68. The third kappa shape index (κ3) is 2.11. The first kappa shape index (κ1) is 11.3. The van der Waals surface area contributed by atoms with Gasteiger partial charge in [-0.05, 0) is 31.2 Å². The van der Waals surface area contributed by atoms with Crippen molar-refractivity contribution in [2.45, 2.75) is 13.5 Å². The number of nitrogens with zero attached hydrogens (tertiary/aromatic N) is 2. The van der Waals surface area contributed by atoms with Gasteiger partial charge in [0, 0.05) is 28.7 Å². The van der Waals surface area contributed by atoms with Gasteiger partial charge in [0.2, 0.25) is 0 Å². The third-order valence-electron chi connectivity index (χ3n) is 2.84. The number of hydrogen-bond acceptors (Lipinski definition) is 3. The fraction of sp³-hybridized carbons (Fsp3) is 0.214. The number of benzene rings is 1. The average molecular weight is 258 g/mol. The number of fused-ring (bicyclic) bond motifs is 1. The highest BCUT2D eigenvalue weighted by Crippen LogP contribution is 2.23. The van der Waals surface area contributed by atoms with E-state index in [4.69, 9.17) is 4.74 Å².